The van der Waals surface area contributed by atoms with Gasteiger partial charge in [0.15, 0.2) is 0 Å². The average molecular weight is 614 g/mol. The zero-order valence-electron chi connectivity index (χ0n) is 27.5. The Morgan fingerprint density at radius 1 is 0.867 bits per heavy atom. The largest absolute Gasteiger partial charge is 0.489 e. The fraction of sp³-hybridized carbons (Fsp3) is 0.421. The second kappa shape index (κ2) is 12.7. The first kappa shape index (κ1) is 32.3. The lowest BCUT2D eigenvalue weighted by Gasteiger charge is -2.24. The van der Waals surface area contributed by atoms with Gasteiger partial charge in [0.05, 0.1) is 12.0 Å². The molecule has 1 fully saturated rings. The molecule has 1 aliphatic heterocycles. The minimum Gasteiger partial charge on any atom is -0.489 e. The Kier molecular flexibility index (Phi) is 9.11. The van der Waals surface area contributed by atoms with E-state index in [0.717, 1.165) is 52.7 Å². The van der Waals surface area contributed by atoms with Crippen LogP contribution in [0, 0.1) is 18.2 Å². The first-order chi connectivity index (χ1) is 21.2. The molecule has 1 saturated heterocycles. The number of fused-ring (bicyclic) bond motifs is 1. The van der Waals surface area contributed by atoms with Crippen molar-refractivity contribution >= 4 is 23.2 Å². The van der Waals surface area contributed by atoms with Crippen LogP contribution in [0.5, 0.6) is 11.5 Å². The summed E-state index contributed by atoms with van der Waals surface area (Å²) in [6, 6.07) is 19.1. The van der Waals surface area contributed by atoms with Gasteiger partial charge >= 0.3 is 12.1 Å². The van der Waals surface area contributed by atoms with Crippen molar-refractivity contribution in [1.29, 1.82) is 0 Å². The van der Waals surface area contributed by atoms with Gasteiger partial charge in [-0.05, 0) is 131 Å². The predicted molar refractivity (Wildman–Crippen MR) is 175 cm³/mol. The summed E-state index contributed by atoms with van der Waals surface area (Å²) in [6.45, 7) is 14.0. The number of likely N-dealkylation sites (tertiary alicyclic amines) is 1. The summed E-state index contributed by atoms with van der Waals surface area (Å²) >= 11 is 0. The van der Waals surface area contributed by atoms with E-state index in [2.05, 4.69) is 0 Å². The highest BCUT2D eigenvalue weighted by molar-refractivity contribution is 6.00. The average Bonchev–Trinajstić information content (AvgIpc) is 3.33. The second-order valence-electron chi connectivity index (χ2n) is 14.1. The molecule has 2 aliphatic rings. The maximum atomic E-state index is 15.5. The van der Waals surface area contributed by atoms with Crippen molar-refractivity contribution in [2.45, 2.75) is 85.9 Å². The Labute approximate surface area is 266 Å². The highest BCUT2D eigenvalue weighted by Crippen LogP contribution is 2.42. The fourth-order valence-electron chi connectivity index (χ4n) is 5.76. The van der Waals surface area contributed by atoms with Crippen molar-refractivity contribution in [3.8, 4) is 11.5 Å². The number of aryl methyl sites for hydroxylation is 2. The number of halogens is 1. The van der Waals surface area contributed by atoms with E-state index in [1.54, 1.807) is 11.0 Å². The van der Waals surface area contributed by atoms with E-state index in [1.807, 2.05) is 103 Å². The van der Waals surface area contributed by atoms with Gasteiger partial charge in [-0.3, -0.25) is 4.79 Å². The summed E-state index contributed by atoms with van der Waals surface area (Å²) in [4.78, 5) is 26.8. The van der Waals surface area contributed by atoms with Crippen LogP contribution < -0.4 is 9.47 Å². The molecule has 6 nitrogen and oxygen atoms in total. The summed E-state index contributed by atoms with van der Waals surface area (Å²) in [7, 11) is 0. The highest BCUT2D eigenvalue weighted by atomic mass is 19.1. The van der Waals surface area contributed by atoms with Gasteiger partial charge in [0.1, 0.15) is 29.0 Å². The molecule has 0 saturated carbocycles. The number of nitrogens with zero attached hydrogens (tertiary/aromatic N) is 1. The molecule has 3 aromatic carbocycles. The van der Waals surface area contributed by atoms with Crippen LogP contribution in [0.1, 0.15) is 88.6 Å². The van der Waals surface area contributed by atoms with Gasteiger partial charge in [-0.2, -0.15) is 0 Å². The third-order valence-electron chi connectivity index (χ3n) is 8.04. The monoisotopic (exact) mass is 613 g/mol. The standard InChI is InChI=1S/C38H44FNO5/c1-24-11-17-31(33(39)21-24)32-10-8-9-26-22-28(44-35(41)37(2,3)4)16-18-30(26)34(32)25-12-14-27(15-13-25)43-29-19-20-40(23-29)36(42)45-38(5,6)7/h11-18,21-22,29H,8-10,19-20,23H2,1-7H3. The summed E-state index contributed by atoms with van der Waals surface area (Å²) in [5.74, 6) is 0.689. The molecule has 1 heterocycles. The third kappa shape index (κ3) is 7.75. The molecule has 0 aromatic heterocycles. The molecular formula is C38H44FNO5. The van der Waals surface area contributed by atoms with Crippen molar-refractivity contribution in [3.63, 3.8) is 0 Å². The molecule has 5 rings (SSSR count). The van der Waals surface area contributed by atoms with E-state index in [4.69, 9.17) is 14.2 Å². The van der Waals surface area contributed by atoms with Gasteiger partial charge in [-0.1, -0.05) is 30.3 Å². The first-order valence-corrected chi connectivity index (χ1v) is 15.8. The third-order valence-corrected chi connectivity index (χ3v) is 8.04. The fourth-order valence-corrected chi connectivity index (χ4v) is 5.76. The Balaban J connectivity index is 1.46. The number of ether oxygens (including phenoxy) is 3. The Morgan fingerprint density at radius 3 is 2.22 bits per heavy atom. The van der Waals surface area contributed by atoms with E-state index in [-0.39, 0.29) is 24.0 Å². The number of amides is 1. The molecule has 1 atom stereocenters. The highest BCUT2D eigenvalue weighted by Gasteiger charge is 2.31. The SMILES string of the molecule is Cc1ccc(C2=C(c3ccc(OC4CCN(C(=O)OC(C)(C)C)C4)cc3)c3ccc(OC(=O)C(C)(C)C)cc3CCC2)c(F)c1. The molecule has 238 valence electrons. The molecular weight excluding hydrogens is 569 g/mol. The smallest absolute Gasteiger partial charge is 0.410 e. The van der Waals surface area contributed by atoms with Crippen LogP contribution in [0.4, 0.5) is 9.18 Å². The van der Waals surface area contributed by atoms with E-state index < -0.39 is 11.0 Å². The van der Waals surface area contributed by atoms with E-state index in [9.17, 15) is 9.59 Å². The minimum absolute atomic E-state index is 0.132. The Hall–Kier alpha value is -4.13. The van der Waals surface area contributed by atoms with E-state index in [1.165, 1.54) is 0 Å². The number of hydrogen-bond donors (Lipinski definition) is 0. The number of hydrogen-bond acceptors (Lipinski definition) is 5. The van der Waals surface area contributed by atoms with Crippen LogP contribution in [-0.4, -0.2) is 41.8 Å². The molecule has 45 heavy (non-hydrogen) atoms. The zero-order chi connectivity index (χ0) is 32.5. The molecule has 7 heteroatoms. The van der Waals surface area contributed by atoms with Gasteiger partial charge in [-0.25, -0.2) is 9.18 Å². The zero-order valence-corrected chi connectivity index (χ0v) is 27.5. The van der Waals surface area contributed by atoms with E-state index in [0.29, 0.717) is 36.6 Å². The quantitative estimate of drug-likeness (QED) is 0.213. The van der Waals surface area contributed by atoms with E-state index >= 15 is 4.39 Å². The molecule has 1 amide bonds. The van der Waals surface area contributed by atoms with Gasteiger partial charge in [-0.15, -0.1) is 0 Å². The van der Waals surface area contributed by atoms with Crippen LogP contribution in [0.25, 0.3) is 11.1 Å². The van der Waals surface area contributed by atoms with Crippen LogP contribution in [0.3, 0.4) is 0 Å². The second-order valence-corrected chi connectivity index (χ2v) is 14.1. The molecule has 0 radical (unpaired) electrons. The first-order valence-electron chi connectivity index (χ1n) is 15.8. The van der Waals surface area contributed by atoms with Gasteiger partial charge in [0.25, 0.3) is 0 Å². The number of benzene rings is 3. The summed E-state index contributed by atoms with van der Waals surface area (Å²) < 4.78 is 33.0. The number of carbonyl (C=O) groups is 2. The summed E-state index contributed by atoms with van der Waals surface area (Å²) in [5, 5.41) is 0. The van der Waals surface area contributed by atoms with Crippen molar-refractivity contribution in [1.82, 2.24) is 4.90 Å². The van der Waals surface area contributed by atoms with Crippen molar-refractivity contribution in [2.75, 3.05) is 13.1 Å². The van der Waals surface area contributed by atoms with Crippen molar-refractivity contribution in [3.05, 3.63) is 94.3 Å². The van der Waals surface area contributed by atoms with Crippen LogP contribution in [0.2, 0.25) is 0 Å². The number of allylic oxidation sites excluding steroid dienone is 1. The van der Waals surface area contributed by atoms with Gasteiger partial charge < -0.3 is 19.1 Å². The van der Waals surface area contributed by atoms with Gasteiger partial charge in [0.2, 0.25) is 0 Å². The minimum atomic E-state index is -0.621. The molecule has 0 N–H and O–H groups in total. The lowest BCUT2D eigenvalue weighted by atomic mass is 9.87. The molecule has 1 aliphatic carbocycles. The van der Waals surface area contributed by atoms with Crippen LogP contribution in [-0.2, 0) is 16.0 Å². The van der Waals surface area contributed by atoms with Crippen LogP contribution in [0.15, 0.2) is 60.7 Å². The summed E-state index contributed by atoms with van der Waals surface area (Å²) in [6.07, 6.45) is 2.56. The predicted octanol–water partition coefficient (Wildman–Crippen LogP) is 8.77. The Bertz CT molecular complexity index is 1610. The summed E-state index contributed by atoms with van der Waals surface area (Å²) in [5.41, 5.74) is 5.21. The molecule has 0 bridgehead atoms. The van der Waals surface area contributed by atoms with Crippen molar-refractivity contribution < 1.29 is 28.2 Å². The molecule has 3 aromatic rings. The molecule has 0 spiro atoms. The number of esters is 1. The Morgan fingerprint density at radius 2 is 1.56 bits per heavy atom. The van der Waals surface area contributed by atoms with Gasteiger partial charge in [0, 0.05) is 18.5 Å². The number of rotatable bonds is 5. The van der Waals surface area contributed by atoms with Crippen LogP contribution >= 0.6 is 0 Å². The molecule has 1 unspecified atom stereocenters. The lowest BCUT2D eigenvalue weighted by Crippen LogP contribution is -2.36. The topological polar surface area (TPSA) is 65.1 Å². The number of carbonyl (C=O) groups excluding carboxylic acids is 2. The normalized spacial score (nSPS) is 17.1. The maximum absolute atomic E-state index is 15.5. The lowest BCUT2D eigenvalue weighted by molar-refractivity contribution is -0.143. The maximum Gasteiger partial charge on any atom is 0.410 e. The van der Waals surface area contributed by atoms with Crippen molar-refractivity contribution in [2.24, 2.45) is 5.41 Å².